The normalized spacial score (nSPS) is 21.8. The zero-order chi connectivity index (χ0) is 22.1. The third kappa shape index (κ3) is 5.17. The summed E-state index contributed by atoms with van der Waals surface area (Å²) in [6.07, 6.45) is -1.25. The lowest BCUT2D eigenvalue weighted by Crippen LogP contribution is -2.47. The SMILES string of the molecule is COCC1(O)CCN(c2c(F)cc(N3CC(CCS(=O)(=O)O)OC3=O)cc2F)CC1. The Balaban J connectivity index is 1.72. The molecule has 1 atom stereocenters. The molecule has 2 saturated heterocycles. The minimum Gasteiger partial charge on any atom is -0.444 e. The predicted octanol–water partition coefficient (Wildman–Crippen LogP) is 1.55. The molecule has 1 aromatic rings. The van der Waals surface area contributed by atoms with Crippen LogP contribution in [0.3, 0.4) is 0 Å². The van der Waals surface area contributed by atoms with Crippen LogP contribution >= 0.6 is 0 Å². The maximum absolute atomic E-state index is 14.8. The van der Waals surface area contributed by atoms with Gasteiger partial charge in [-0.15, -0.1) is 0 Å². The van der Waals surface area contributed by atoms with Crippen LogP contribution in [0.4, 0.5) is 25.0 Å². The molecule has 3 rings (SSSR count). The fourth-order valence-electron chi connectivity index (χ4n) is 3.73. The number of cyclic esters (lactones) is 1. The molecule has 0 spiro atoms. The van der Waals surface area contributed by atoms with Gasteiger partial charge in [-0.25, -0.2) is 13.6 Å². The highest BCUT2D eigenvalue weighted by atomic mass is 32.2. The van der Waals surface area contributed by atoms with Crippen LogP contribution < -0.4 is 9.80 Å². The summed E-state index contributed by atoms with van der Waals surface area (Å²) in [6.45, 7) is 0.508. The lowest BCUT2D eigenvalue weighted by atomic mass is 9.92. The Kier molecular flexibility index (Phi) is 6.51. The fraction of sp³-hybridized carbons (Fsp3) is 0.611. The molecule has 2 N–H and O–H groups in total. The molecule has 2 heterocycles. The van der Waals surface area contributed by atoms with Gasteiger partial charge >= 0.3 is 6.09 Å². The number of carbonyl (C=O) groups is 1. The van der Waals surface area contributed by atoms with Gasteiger partial charge in [0.1, 0.15) is 11.8 Å². The molecule has 2 aliphatic heterocycles. The van der Waals surface area contributed by atoms with Gasteiger partial charge in [0.2, 0.25) is 0 Å². The van der Waals surface area contributed by atoms with E-state index in [-0.39, 0.29) is 56.9 Å². The number of piperidine rings is 1. The van der Waals surface area contributed by atoms with Crippen LogP contribution in [-0.4, -0.2) is 75.0 Å². The van der Waals surface area contributed by atoms with E-state index in [0.717, 1.165) is 17.0 Å². The predicted molar refractivity (Wildman–Crippen MR) is 103 cm³/mol. The number of rotatable bonds is 7. The second kappa shape index (κ2) is 8.61. The number of hydrogen-bond acceptors (Lipinski definition) is 7. The molecule has 0 bridgehead atoms. The standard InChI is InChI=1S/C18H24F2N2O7S/c1-28-11-18(24)3-5-21(6-4-18)16-14(19)8-12(9-15(16)20)22-10-13(29-17(22)23)2-7-30(25,26)27/h8-9,13,24H,2-7,10-11H2,1H3,(H,25,26,27). The van der Waals surface area contributed by atoms with E-state index >= 15 is 0 Å². The van der Waals surface area contributed by atoms with Crippen molar-refractivity contribution in [2.24, 2.45) is 0 Å². The molecule has 168 valence electrons. The zero-order valence-electron chi connectivity index (χ0n) is 16.4. The van der Waals surface area contributed by atoms with Gasteiger partial charge in [-0.05, 0) is 12.8 Å². The summed E-state index contributed by atoms with van der Waals surface area (Å²) in [6, 6.07) is 2.03. The third-order valence-electron chi connectivity index (χ3n) is 5.31. The number of hydrogen-bond donors (Lipinski definition) is 2. The number of nitrogens with zero attached hydrogens (tertiary/aromatic N) is 2. The summed E-state index contributed by atoms with van der Waals surface area (Å²) in [5, 5.41) is 10.4. The maximum atomic E-state index is 14.8. The average molecular weight is 450 g/mol. The van der Waals surface area contributed by atoms with Crippen molar-refractivity contribution in [3.05, 3.63) is 23.8 Å². The van der Waals surface area contributed by atoms with Gasteiger partial charge in [-0.2, -0.15) is 8.42 Å². The first-order valence-corrected chi connectivity index (χ1v) is 11.0. The van der Waals surface area contributed by atoms with E-state index in [2.05, 4.69) is 0 Å². The van der Waals surface area contributed by atoms with Crippen molar-refractivity contribution in [2.45, 2.75) is 31.0 Å². The molecule has 12 heteroatoms. The molecule has 0 aliphatic carbocycles. The molecule has 2 aliphatic rings. The number of carbonyl (C=O) groups excluding carboxylic acids is 1. The Bertz CT molecular complexity index is 881. The van der Waals surface area contributed by atoms with Crippen LogP contribution in [0.2, 0.25) is 0 Å². The van der Waals surface area contributed by atoms with Crippen LogP contribution in [0.5, 0.6) is 0 Å². The summed E-state index contributed by atoms with van der Waals surface area (Å²) in [5.74, 6) is -2.32. The summed E-state index contributed by atoms with van der Waals surface area (Å²) in [5.41, 5.74) is -1.33. The number of anilines is 2. The quantitative estimate of drug-likeness (QED) is 0.601. The molecule has 2 fully saturated rings. The lowest BCUT2D eigenvalue weighted by molar-refractivity contribution is -0.0473. The van der Waals surface area contributed by atoms with Gasteiger partial charge in [-0.1, -0.05) is 0 Å². The number of halogens is 2. The van der Waals surface area contributed by atoms with Gasteiger partial charge in [-0.3, -0.25) is 9.45 Å². The van der Waals surface area contributed by atoms with Crippen molar-refractivity contribution in [3.8, 4) is 0 Å². The van der Waals surface area contributed by atoms with Crippen molar-refractivity contribution in [3.63, 3.8) is 0 Å². The number of ether oxygens (including phenoxy) is 2. The van der Waals surface area contributed by atoms with Crippen molar-refractivity contribution in [1.82, 2.24) is 0 Å². The van der Waals surface area contributed by atoms with Crippen LogP contribution in [0, 0.1) is 11.6 Å². The zero-order valence-corrected chi connectivity index (χ0v) is 17.2. The first kappa shape index (κ1) is 22.7. The Hall–Kier alpha value is -2.02. The lowest BCUT2D eigenvalue weighted by Gasteiger charge is -2.39. The monoisotopic (exact) mass is 450 g/mol. The van der Waals surface area contributed by atoms with Crippen molar-refractivity contribution in [1.29, 1.82) is 0 Å². The Morgan fingerprint density at radius 1 is 1.27 bits per heavy atom. The highest BCUT2D eigenvalue weighted by molar-refractivity contribution is 7.85. The van der Waals surface area contributed by atoms with E-state index in [1.807, 2.05) is 0 Å². The molecule has 1 aromatic carbocycles. The molecule has 9 nitrogen and oxygen atoms in total. The molecule has 0 aromatic heterocycles. The fourth-order valence-corrected chi connectivity index (χ4v) is 4.29. The minimum absolute atomic E-state index is 0.0546. The molecule has 0 radical (unpaired) electrons. The minimum atomic E-state index is -4.22. The Labute approximate surface area is 172 Å². The van der Waals surface area contributed by atoms with E-state index in [1.165, 1.54) is 12.0 Å². The second-order valence-corrected chi connectivity index (χ2v) is 9.17. The largest absolute Gasteiger partial charge is 0.444 e. The van der Waals surface area contributed by atoms with Crippen LogP contribution in [0.25, 0.3) is 0 Å². The van der Waals surface area contributed by atoms with Gasteiger partial charge < -0.3 is 19.5 Å². The highest BCUT2D eigenvalue weighted by Crippen LogP contribution is 2.34. The first-order valence-electron chi connectivity index (χ1n) is 9.40. The number of benzene rings is 1. The molecule has 1 amide bonds. The summed E-state index contributed by atoms with van der Waals surface area (Å²) >= 11 is 0. The first-order chi connectivity index (χ1) is 14.0. The van der Waals surface area contributed by atoms with E-state index in [1.54, 1.807) is 0 Å². The van der Waals surface area contributed by atoms with Crippen molar-refractivity contribution >= 4 is 27.6 Å². The smallest absolute Gasteiger partial charge is 0.414 e. The Morgan fingerprint density at radius 3 is 2.40 bits per heavy atom. The molecular weight excluding hydrogens is 426 g/mol. The molecule has 0 saturated carbocycles. The van der Waals surface area contributed by atoms with Crippen LogP contribution in [0.15, 0.2) is 12.1 Å². The molecule has 1 unspecified atom stereocenters. The van der Waals surface area contributed by atoms with Crippen LogP contribution in [-0.2, 0) is 19.6 Å². The van der Waals surface area contributed by atoms with Crippen molar-refractivity contribution < 1.29 is 41.1 Å². The van der Waals surface area contributed by atoms with Gasteiger partial charge in [0, 0.05) is 38.8 Å². The number of methoxy groups -OCH3 is 1. The number of amides is 1. The third-order valence-corrected chi connectivity index (χ3v) is 6.06. The number of aliphatic hydroxyl groups is 1. The van der Waals surface area contributed by atoms with E-state index in [0.29, 0.717) is 0 Å². The summed E-state index contributed by atoms with van der Waals surface area (Å²) in [4.78, 5) is 14.6. The molecule has 30 heavy (non-hydrogen) atoms. The van der Waals surface area contributed by atoms with Crippen LogP contribution in [0.1, 0.15) is 19.3 Å². The molecular formula is C18H24F2N2O7S. The van der Waals surface area contributed by atoms with Gasteiger partial charge in [0.25, 0.3) is 10.1 Å². The van der Waals surface area contributed by atoms with Crippen molar-refractivity contribution in [2.75, 3.05) is 48.9 Å². The second-order valence-electron chi connectivity index (χ2n) is 7.59. The van der Waals surface area contributed by atoms with E-state index < -0.39 is 45.3 Å². The average Bonchev–Trinajstić information content (AvgIpc) is 3.01. The van der Waals surface area contributed by atoms with E-state index in [4.69, 9.17) is 14.0 Å². The van der Waals surface area contributed by atoms with Gasteiger partial charge in [0.15, 0.2) is 11.6 Å². The highest BCUT2D eigenvalue weighted by Gasteiger charge is 2.36. The summed E-state index contributed by atoms with van der Waals surface area (Å²) in [7, 11) is -2.74. The van der Waals surface area contributed by atoms with E-state index in [9.17, 15) is 27.1 Å². The van der Waals surface area contributed by atoms with Gasteiger partial charge in [0.05, 0.1) is 30.2 Å². The summed E-state index contributed by atoms with van der Waals surface area (Å²) < 4.78 is 70.0. The maximum Gasteiger partial charge on any atom is 0.414 e. The topological polar surface area (TPSA) is 117 Å². The Morgan fingerprint density at radius 2 is 1.87 bits per heavy atom.